The molecule has 0 saturated heterocycles. The molecule has 0 spiro atoms. The average molecular weight is 754 g/mol. The quantitative estimate of drug-likeness (QED) is 0.0485. The van der Waals surface area contributed by atoms with Gasteiger partial charge in [-0.2, -0.15) is 0 Å². The van der Waals surface area contributed by atoms with E-state index in [1.54, 1.807) is 11.1 Å². The molecular weight excluding hydrogens is 663 g/mol. The van der Waals surface area contributed by atoms with Crippen LogP contribution in [0.4, 0.5) is 5.69 Å². The van der Waals surface area contributed by atoms with Crippen LogP contribution in [0.15, 0.2) is 47.0 Å². The van der Waals surface area contributed by atoms with Crippen LogP contribution in [0.25, 0.3) is 6.08 Å². The summed E-state index contributed by atoms with van der Waals surface area (Å²) in [7, 11) is 0. The van der Waals surface area contributed by atoms with Crippen LogP contribution in [0, 0.1) is 0 Å². The van der Waals surface area contributed by atoms with Gasteiger partial charge in [-0.25, -0.2) is 0 Å². The van der Waals surface area contributed by atoms with Gasteiger partial charge in [0.2, 0.25) is 0 Å². The molecule has 0 unspecified atom stereocenters. The molecule has 0 aliphatic rings. The molecule has 1 heteroatoms. The minimum atomic E-state index is 1.09. The zero-order chi connectivity index (χ0) is 39.6. The molecule has 0 aliphatic carbocycles. The molecule has 0 amide bonds. The maximum absolute atomic E-state index is 5.53. The summed E-state index contributed by atoms with van der Waals surface area (Å²) in [6, 6.07) is 14.4. The Hall–Kier alpha value is -2.15. The van der Waals surface area contributed by atoms with Gasteiger partial charge in [0.05, 0.1) is 5.69 Å². The summed E-state index contributed by atoms with van der Waals surface area (Å²) >= 11 is 0. The van der Waals surface area contributed by atoms with Crippen molar-refractivity contribution in [1.82, 2.24) is 0 Å². The highest BCUT2D eigenvalue weighted by atomic mass is 14.7. The number of unbranched alkanes of at least 4 members (excludes halogenated alkanes) is 21. The first-order valence-corrected chi connectivity index (χ1v) is 24.6. The van der Waals surface area contributed by atoms with E-state index >= 15 is 0 Å². The Balaban J connectivity index is 1.92. The number of hydrogen-bond acceptors (Lipinski definition) is 1. The number of benzene rings is 2. The van der Waals surface area contributed by atoms with Gasteiger partial charge in [0.15, 0.2) is 0 Å². The number of nitrogens with zero attached hydrogens (tertiary/aromatic N) is 1. The minimum Gasteiger partial charge on any atom is -0.253 e. The van der Waals surface area contributed by atoms with Crippen molar-refractivity contribution in [2.45, 2.75) is 253 Å². The minimum absolute atomic E-state index is 1.09. The predicted octanol–water partition coefficient (Wildman–Crippen LogP) is 18.4. The molecule has 1 nitrogen and oxygen atoms in total. The third-order valence-corrected chi connectivity index (χ3v) is 11.8. The molecule has 0 heterocycles. The van der Waals surface area contributed by atoms with Crippen LogP contribution >= 0.6 is 0 Å². The first-order chi connectivity index (χ1) is 27.1. The third kappa shape index (κ3) is 23.0. The fourth-order valence-electron chi connectivity index (χ4n) is 8.48. The Labute approximate surface area is 344 Å². The molecule has 0 bridgehead atoms. The topological polar surface area (TPSA) is 12.4 Å². The maximum Gasteiger partial charge on any atom is 0.0636 e. The first-order valence-electron chi connectivity index (χ1n) is 24.6. The number of rotatable bonds is 36. The van der Waals surface area contributed by atoms with Crippen molar-refractivity contribution in [1.29, 1.82) is 0 Å². The Morgan fingerprint density at radius 3 is 1.24 bits per heavy atom. The molecule has 0 aliphatic heterocycles. The van der Waals surface area contributed by atoms with Crippen molar-refractivity contribution in [3.63, 3.8) is 0 Å². The van der Waals surface area contributed by atoms with Crippen molar-refractivity contribution in [2.24, 2.45) is 4.99 Å². The summed E-state index contributed by atoms with van der Waals surface area (Å²) < 4.78 is 0. The summed E-state index contributed by atoms with van der Waals surface area (Å²) in [6.45, 7) is 13.9. The predicted molar refractivity (Wildman–Crippen MR) is 251 cm³/mol. The lowest BCUT2D eigenvalue weighted by Crippen LogP contribution is -2.05. The zero-order valence-electron chi connectivity index (χ0n) is 37.8. The number of aliphatic imine (C=N–C) groups is 1. The molecule has 0 fully saturated rings. The van der Waals surface area contributed by atoms with Gasteiger partial charge in [0.25, 0.3) is 0 Å². The van der Waals surface area contributed by atoms with Gasteiger partial charge < -0.3 is 0 Å². The molecule has 0 saturated carbocycles. The van der Waals surface area contributed by atoms with Gasteiger partial charge in [-0.3, -0.25) is 4.99 Å². The normalized spacial score (nSPS) is 12.3. The molecule has 0 radical (unpaired) electrons. The lowest BCUT2D eigenvalue weighted by molar-refractivity contribution is 0.521. The van der Waals surface area contributed by atoms with E-state index in [9.17, 15) is 0 Å². The van der Waals surface area contributed by atoms with E-state index in [1.807, 2.05) is 0 Å². The standard InChI is InChI=1S/C54H91N/c1-7-13-15-16-17-18-19-20-21-22-23-24-25-26-27-28-29-30-31-32-33-39-54(55-53-43-42-49(35-10-4)51(46-53)37-12-6)52(38-14-8-2)45-47-40-41-48(34-9-3)50(44-47)36-11-5/h40-46H,7-39H2,1-6H3. The average Bonchev–Trinajstić information content (AvgIpc) is 3.19. The van der Waals surface area contributed by atoms with Crippen molar-refractivity contribution in [3.8, 4) is 0 Å². The maximum atomic E-state index is 5.53. The fourth-order valence-corrected chi connectivity index (χ4v) is 8.48. The SMILES string of the molecule is CCCCCCCCCCCCCCCCCCCCCCCC(=Nc1ccc(CCC)c(CCC)c1)C(=Cc1ccc(CCC)c(CCC)c1)CCCC. The molecule has 0 aromatic heterocycles. The Kier molecular flexibility index (Phi) is 30.2. The molecule has 2 aromatic carbocycles. The third-order valence-electron chi connectivity index (χ3n) is 11.8. The molecule has 2 rings (SSSR count). The zero-order valence-corrected chi connectivity index (χ0v) is 37.8. The summed E-state index contributed by atoms with van der Waals surface area (Å²) in [5.74, 6) is 0. The van der Waals surface area contributed by atoms with Crippen molar-refractivity contribution in [3.05, 3.63) is 69.8 Å². The van der Waals surface area contributed by atoms with Crippen molar-refractivity contribution in [2.75, 3.05) is 0 Å². The first kappa shape index (κ1) is 49.0. The van der Waals surface area contributed by atoms with E-state index in [0.29, 0.717) is 0 Å². The lowest BCUT2D eigenvalue weighted by atomic mass is 9.93. The van der Waals surface area contributed by atoms with E-state index in [0.717, 1.165) is 24.9 Å². The fraction of sp³-hybridized carbons (Fsp3) is 0.722. The summed E-state index contributed by atoms with van der Waals surface area (Å²) in [5.41, 5.74) is 11.5. The molecule has 2 aromatic rings. The van der Waals surface area contributed by atoms with Gasteiger partial charge in [0.1, 0.15) is 0 Å². The Morgan fingerprint density at radius 1 is 0.382 bits per heavy atom. The second-order valence-corrected chi connectivity index (χ2v) is 17.1. The van der Waals surface area contributed by atoms with Crippen molar-refractivity contribution >= 4 is 17.5 Å². The molecule has 0 atom stereocenters. The second-order valence-electron chi connectivity index (χ2n) is 17.1. The van der Waals surface area contributed by atoms with Crippen LogP contribution < -0.4 is 0 Å². The smallest absolute Gasteiger partial charge is 0.0636 e. The van der Waals surface area contributed by atoms with E-state index in [4.69, 9.17) is 4.99 Å². The van der Waals surface area contributed by atoms with E-state index in [-0.39, 0.29) is 0 Å². The monoisotopic (exact) mass is 754 g/mol. The summed E-state index contributed by atoms with van der Waals surface area (Å²) in [5, 5.41) is 0. The largest absolute Gasteiger partial charge is 0.253 e. The highest BCUT2D eigenvalue weighted by Gasteiger charge is 2.12. The molecule has 55 heavy (non-hydrogen) atoms. The highest BCUT2D eigenvalue weighted by molar-refractivity contribution is 6.05. The van der Waals surface area contributed by atoms with Crippen LogP contribution in [0.5, 0.6) is 0 Å². The molecule has 312 valence electrons. The van der Waals surface area contributed by atoms with Gasteiger partial charge in [-0.05, 0) is 103 Å². The van der Waals surface area contributed by atoms with Crippen molar-refractivity contribution < 1.29 is 0 Å². The second kappa shape index (κ2) is 33.9. The van der Waals surface area contributed by atoms with Crippen LogP contribution in [0.1, 0.15) is 256 Å². The van der Waals surface area contributed by atoms with Gasteiger partial charge in [0, 0.05) is 5.71 Å². The van der Waals surface area contributed by atoms with Gasteiger partial charge in [-0.1, -0.05) is 226 Å². The molecular formula is C54H91N. The number of allylic oxidation sites excluding steroid dienone is 1. The molecule has 0 N–H and O–H groups in total. The summed E-state index contributed by atoms with van der Waals surface area (Å²) in [4.78, 5) is 5.53. The highest BCUT2D eigenvalue weighted by Crippen LogP contribution is 2.27. The summed E-state index contributed by atoms with van der Waals surface area (Å²) in [6.07, 6.45) is 46.6. The van der Waals surface area contributed by atoms with E-state index in [1.165, 1.54) is 221 Å². The number of aryl methyl sites for hydroxylation is 4. The van der Waals surface area contributed by atoms with Crippen LogP contribution in [0.2, 0.25) is 0 Å². The van der Waals surface area contributed by atoms with Crippen LogP contribution in [-0.2, 0) is 25.7 Å². The van der Waals surface area contributed by atoms with Gasteiger partial charge >= 0.3 is 0 Å². The van der Waals surface area contributed by atoms with Crippen LogP contribution in [0.3, 0.4) is 0 Å². The van der Waals surface area contributed by atoms with E-state index in [2.05, 4.69) is 84.0 Å². The Morgan fingerprint density at radius 2 is 0.782 bits per heavy atom. The number of hydrogen-bond donors (Lipinski definition) is 0. The Bertz CT molecular complexity index is 1260. The van der Waals surface area contributed by atoms with Crippen LogP contribution in [-0.4, -0.2) is 5.71 Å². The van der Waals surface area contributed by atoms with Gasteiger partial charge in [-0.15, -0.1) is 0 Å². The van der Waals surface area contributed by atoms with E-state index < -0.39 is 0 Å². The lowest BCUT2D eigenvalue weighted by Gasteiger charge is -2.15.